The summed E-state index contributed by atoms with van der Waals surface area (Å²) >= 11 is 0. The number of benzene rings is 1. The maximum atomic E-state index is 12.7. The summed E-state index contributed by atoms with van der Waals surface area (Å²) in [5.41, 5.74) is 1.64. The Kier molecular flexibility index (Phi) is 3.67. The second-order valence-electron chi connectivity index (χ2n) is 6.13. The van der Waals surface area contributed by atoms with Gasteiger partial charge in [0.1, 0.15) is 11.4 Å². The van der Waals surface area contributed by atoms with Gasteiger partial charge in [-0.25, -0.2) is 0 Å². The Morgan fingerprint density at radius 1 is 1.31 bits per heavy atom. The van der Waals surface area contributed by atoms with Crippen molar-refractivity contribution in [2.45, 2.75) is 19.1 Å². The first-order valence-corrected chi connectivity index (χ1v) is 7.96. The van der Waals surface area contributed by atoms with Crippen molar-refractivity contribution < 1.29 is 22.7 Å². The van der Waals surface area contributed by atoms with Gasteiger partial charge >= 0.3 is 6.18 Å². The minimum atomic E-state index is -4.56. The largest absolute Gasteiger partial charge is 0.497 e. The minimum Gasteiger partial charge on any atom is -0.497 e. The molecule has 3 heterocycles. The third kappa shape index (κ3) is 2.69. The number of aromatic amines is 2. The summed E-state index contributed by atoms with van der Waals surface area (Å²) in [6, 6.07) is 6.38. The van der Waals surface area contributed by atoms with Gasteiger partial charge in [0.2, 0.25) is 0 Å². The van der Waals surface area contributed by atoms with Crippen molar-refractivity contribution in [3.63, 3.8) is 0 Å². The lowest BCUT2D eigenvalue weighted by molar-refractivity contribution is -0.141. The number of amides is 1. The molecule has 0 saturated carbocycles. The fourth-order valence-electron chi connectivity index (χ4n) is 3.23. The predicted molar refractivity (Wildman–Crippen MR) is 86.9 cm³/mol. The Balaban J connectivity index is 1.63. The van der Waals surface area contributed by atoms with Gasteiger partial charge in [-0.05, 0) is 18.2 Å². The van der Waals surface area contributed by atoms with Crippen molar-refractivity contribution in [3.05, 3.63) is 46.9 Å². The zero-order valence-electron chi connectivity index (χ0n) is 13.8. The van der Waals surface area contributed by atoms with E-state index in [4.69, 9.17) is 4.74 Å². The van der Waals surface area contributed by atoms with Crippen LogP contribution in [0.5, 0.6) is 5.75 Å². The van der Waals surface area contributed by atoms with Crippen LogP contribution in [0.2, 0.25) is 0 Å². The average molecular weight is 364 g/mol. The summed E-state index contributed by atoms with van der Waals surface area (Å²) in [5, 5.41) is 6.35. The summed E-state index contributed by atoms with van der Waals surface area (Å²) in [5.74, 6) is 0.171. The number of nitrogens with zero attached hydrogens (tertiary/aromatic N) is 2. The Hall–Kier alpha value is -2.97. The molecule has 0 spiro atoms. The van der Waals surface area contributed by atoms with Gasteiger partial charge in [-0.2, -0.15) is 18.3 Å². The van der Waals surface area contributed by atoms with E-state index in [2.05, 4.69) is 10.1 Å². The molecule has 0 unspecified atom stereocenters. The molecular formula is C17H15F3N4O2. The predicted octanol–water partition coefficient (Wildman–Crippen LogP) is 3.12. The number of carbonyl (C=O) groups excluding carboxylic acids is 1. The highest BCUT2D eigenvalue weighted by atomic mass is 19.4. The highest BCUT2D eigenvalue weighted by Gasteiger charge is 2.35. The molecule has 1 aromatic carbocycles. The second-order valence-corrected chi connectivity index (χ2v) is 6.13. The van der Waals surface area contributed by atoms with Crippen LogP contribution in [-0.4, -0.2) is 39.6 Å². The number of methoxy groups -OCH3 is 1. The summed E-state index contributed by atoms with van der Waals surface area (Å²) in [7, 11) is 1.58. The van der Waals surface area contributed by atoms with E-state index in [9.17, 15) is 18.0 Å². The molecule has 0 radical (unpaired) electrons. The Morgan fingerprint density at radius 3 is 2.81 bits per heavy atom. The fraction of sp³-hybridized carbons (Fsp3) is 0.294. The summed E-state index contributed by atoms with van der Waals surface area (Å²) in [4.78, 5) is 17.4. The first-order chi connectivity index (χ1) is 12.4. The van der Waals surface area contributed by atoms with Crippen LogP contribution in [0.25, 0.3) is 10.9 Å². The van der Waals surface area contributed by atoms with Gasteiger partial charge in [0.25, 0.3) is 5.91 Å². The number of rotatable bonds is 2. The number of nitrogens with one attached hydrogen (secondary N) is 2. The zero-order valence-corrected chi connectivity index (χ0v) is 13.8. The maximum absolute atomic E-state index is 12.7. The lowest BCUT2D eigenvalue weighted by Gasteiger charge is -2.26. The van der Waals surface area contributed by atoms with Crippen LogP contribution >= 0.6 is 0 Å². The fourth-order valence-corrected chi connectivity index (χ4v) is 3.23. The van der Waals surface area contributed by atoms with E-state index in [1.165, 1.54) is 4.90 Å². The smallest absolute Gasteiger partial charge is 0.432 e. The van der Waals surface area contributed by atoms with Crippen molar-refractivity contribution >= 4 is 16.8 Å². The molecule has 136 valence electrons. The zero-order chi connectivity index (χ0) is 18.5. The van der Waals surface area contributed by atoms with Crippen molar-refractivity contribution in [2.24, 2.45) is 0 Å². The number of aromatic nitrogens is 3. The number of fused-ring (bicyclic) bond motifs is 3. The van der Waals surface area contributed by atoms with Crippen LogP contribution in [0.4, 0.5) is 13.2 Å². The first kappa shape index (κ1) is 16.5. The third-order valence-electron chi connectivity index (χ3n) is 4.57. The molecule has 26 heavy (non-hydrogen) atoms. The number of carbonyl (C=O) groups is 1. The number of hydrogen-bond acceptors (Lipinski definition) is 3. The molecule has 2 N–H and O–H groups in total. The molecule has 4 rings (SSSR count). The van der Waals surface area contributed by atoms with Gasteiger partial charge in [0.15, 0.2) is 5.69 Å². The van der Waals surface area contributed by atoms with E-state index >= 15 is 0 Å². The molecule has 1 aliphatic rings. The molecule has 0 saturated heterocycles. The van der Waals surface area contributed by atoms with E-state index in [1.807, 2.05) is 23.3 Å². The van der Waals surface area contributed by atoms with Gasteiger partial charge in [0.05, 0.1) is 7.11 Å². The average Bonchev–Trinajstić information content (AvgIpc) is 3.24. The van der Waals surface area contributed by atoms with Crippen molar-refractivity contribution in [1.82, 2.24) is 20.1 Å². The summed E-state index contributed by atoms with van der Waals surface area (Å²) < 4.78 is 43.3. The van der Waals surface area contributed by atoms with Gasteiger partial charge < -0.3 is 14.6 Å². The molecule has 1 aliphatic heterocycles. The number of ether oxygens (including phenoxy) is 1. The van der Waals surface area contributed by atoms with E-state index in [1.54, 1.807) is 7.11 Å². The van der Waals surface area contributed by atoms with E-state index in [-0.39, 0.29) is 5.69 Å². The van der Waals surface area contributed by atoms with Crippen molar-refractivity contribution in [2.75, 3.05) is 13.7 Å². The Labute approximate surface area is 145 Å². The maximum Gasteiger partial charge on any atom is 0.432 e. The first-order valence-electron chi connectivity index (χ1n) is 7.96. The molecule has 6 nitrogen and oxygen atoms in total. The number of halogens is 3. The van der Waals surface area contributed by atoms with Crippen LogP contribution in [0.3, 0.4) is 0 Å². The van der Waals surface area contributed by atoms with Gasteiger partial charge in [-0.3, -0.25) is 9.89 Å². The normalized spacial score (nSPS) is 14.5. The third-order valence-corrected chi connectivity index (χ3v) is 4.57. The number of H-pyrrole nitrogens is 2. The van der Waals surface area contributed by atoms with Crippen LogP contribution < -0.4 is 4.74 Å². The van der Waals surface area contributed by atoms with Gasteiger partial charge in [0, 0.05) is 47.7 Å². The van der Waals surface area contributed by atoms with Crippen LogP contribution in [0.15, 0.2) is 24.3 Å². The Morgan fingerprint density at radius 2 is 2.12 bits per heavy atom. The molecule has 1 amide bonds. The molecule has 0 atom stereocenters. The molecule has 0 bridgehead atoms. The molecule has 3 aromatic rings. The lowest BCUT2D eigenvalue weighted by atomic mass is 10.0. The van der Waals surface area contributed by atoms with Crippen LogP contribution in [0.1, 0.15) is 27.4 Å². The van der Waals surface area contributed by atoms with Gasteiger partial charge in [-0.15, -0.1) is 0 Å². The Bertz CT molecular complexity index is 990. The van der Waals surface area contributed by atoms with E-state index < -0.39 is 17.8 Å². The van der Waals surface area contributed by atoms with Crippen molar-refractivity contribution in [1.29, 1.82) is 0 Å². The summed E-state index contributed by atoms with van der Waals surface area (Å²) in [6.07, 6.45) is -3.97. The molecule has 9 heteroatoms. The topological polar surface area (TPSA) is 74.0 Å². The van der Waals surface area contributed by atoms with E-state index in [0.29, 0.717) is 25.3 Å². The standard InChI is InChI=1S/C17H15F3N4O2/c1-26-9-2-3-12-10(6-9)11-8-24(5-4-13(11)21-12)16(25)14-7-15(23-22-14)17(18,19)20/h2-3,6-7,21H,4-5,8H2,1H3,(H,22,23). The molecule has 2 aromatic heterocycles. The monoisotopic (exact) mass is 364 g/mol. The number of alkyl halides is 3. The van der Waals surface area contributed by atoms with Crippen LogP contribution in [-0.2, 0) is 19.1 Å². The van der Waals surface area contributed by atoms with E-state index in [0.717, 1.165) is 28.2 Å². The molecular weight excluding hydrogens is 349 g/mol. The second kappa shape index (κ2) is 5.79. The van der Waals surface area contributed by atoms with Gasteiger partial charge in [-0.1, -0.05) is 0 Å². The highest BCUT2D eigenvalue weighted by Crippen LogP contribution is 2.32. The number of hydrogen-bond donors (Lipinski definition) is 2. The SMILES string of the molecule is COc1ccc2[nH]c3c(c2c1)CN(C(=O)c1cc(C(F)(F)F)[nH]n1)CC3. The molecule has 0 fully saturated rings. The lowest BCUT2D eigenvalue weighted by Crippen LogP contribution is -2.36. The summed E-state index contributed by atoms with van der Waals surface area (Å²) in [6.45, 7) is 0.708. The minimum absolute atomic E-state index is 0.238. The quantitative estimate of drug-likeness (QED) is 0.734. The van der Waals surface area contributed by atoms with Crippen LogP contribution in [0, 0.1) is 0 Å². The molecule has 0 aliphatic carbocycles. The highest BCUT2D eigenvalue weighted by molar-refractivity contribution is 5.93. The van der Waals surface area contributed by atoms with Crippen molar-refractivity contribution in [3.8, 4) is 5.75 Å².